The molecule has 0 aliphatic carbocycles. The minimum absolute atomic E-state index is 0.362. The molecule has 1 N–H and O–H groups in total. The Hall–Kier alpha value is -2.36. The van der Waals surface area contributed by atoms with E-state index in [1.807, 2.05) is 25.1 Å². The van der Waals surface area contributed by atoms with E-state index < -0.39 is 12.1 Å². The minimum Gasteiger partial charge on any atom is -0.449 e. The summed E-state index contributed by atoms with van der Waals surface area (Å²) < 4.78 is 4.96. The SMILES string of the molecule is CC=CC=CC(=O)OC(C)C(=O)Nc1ccccc1. The van der Waals surface area contributed by atoms with Gasteiger partial charge in [-0.3, -0.25) is 4.79 Å². The highest BCUT2D eigenvalue weighted by atomic mass is 16.5. The number of esters is 1. The fourth-order valence-corrected chi connectivity index (χ4v) is 1.28. The van der Waals surface area contributed by atoms with E-state index in [9.17, 15) is 9.59 Å². The molecule has 0 heterocycles. The van der Waals surface area contributed by atoms with Gasteiger partial charge >= 0.3 is 5.97 Å². The zero-order chi connectivity index (χ0) is 14.1. The zero-order valence-electron chi connectivity index (χ0n) is 11.0. The molecule has 0 saturated heterocycles. The van der Waals surface area contributed by atoms with E-state index in [4.69, 9.17) is 4.74 Å². The van der Waals surface area contributed by atoms with Crippen molar-refractivity contribution in [2.45, 2.75) is 20.0 Å². The molecule has 1 amide bonds. The standard InChI is InChI=1S/C15H17NO3/c1-3-4-6-11-14(17)19-12(2)15(18)16-13-9-7-5-8-10-13/h3-12H,1-2H3,(H,16,18). The zero-order valence-corrected chi connectivity index (χ0v) is 11.0. The first kappa shape index (κ1) is 14.7. The first-order valence-corrected chi connectivity index (χ1v) is 5.99. The van der Waals surface area contributed by atoms with Crippen LogP contribution in [0.1, 0.15) is 13.8 Å². The predicted molar refractivity (Wildman–Crippen MR) is 74.6 cm³/mol. The molecular weight excluding hydrogens is 242 g/mol. The van der Waals surface area contributed by atoms with Gasteiger partial charge in [-0.15, -0.1) is 0 Å². The van der Waals surface area contributed by atoms with Crippen molar-refractivity contribution in [2.75, 3.05) is 5.32 Å². The number of carbonyl (C=O) groups is 2. The van der Waals surface area contributed by atoms with Crippen LogP contribution in [0.2, 0.25) is 0 Å². The van der Waals surface area contributed by atoms with Crippen LogP contribution in [0, 0.1) is 0 Å². The third kappa shape index (κ3) is 5.68. The van der Waals surface area contributed by atoms with Crippen molar-refractivity contribution >= 4 is 17.6 Å². The highest BCUT2D eigenvalue weighted by molar-refractivity contribution is 5.95. The first-order valence-electron chi connectivity index (χ1n) is 5.99. The highest BCUT2D eigenvalue weighted by Crippen LogP contribution is 2.06. The Morgan fingerprint density at radius 2 is 1.89 bits per heavy atom. The second-order valence-corrected chi connectivity index (χ2v) is 3.82. The van der Waals surface area contributed by atoms with Gasteiger partial charge in [-0.25, -0.2) is 4.79 Å². The van der Waals surface area contributed by atoms with Gasteiger partial charge in [0.05, 0.1) is 0 Å². The van der Waals surface area contributed by atoms with Crippen LogP contribution in [0.15, 0.2) is 54.6 Å². The molecule has 4 heteroatoms. The van der Waals surface area contributed by atoms with Gasteiger partial charge in [0.1, 0.15) is 0 Å². The van der Waals surface area contributed by atoms with Crippen molar-refractivity contribution < 1.29 is 14.3 Å². The van der Waals surface area contributed by atoms with Gasteiger partial charge in [-0.1, -0.05) is 36.4 Å². The summed E-state index contributed by atoms with van der Waals surface area (Å²) in [6.07, 6.45) is 5.48. The van der Waals surface area contributed by atoms with Gasteiger partial charge in [0, 0.05) is 11.8 Å². The van der Waals surface area contributed by atoms with Crippen molar-refractivity contribution in [3.05, 3.63) is 54.6 Å². The fourth-order valence-electron chi connectivity index (χ4n) is 1.28. The van der Waals surface area contributed by atoms with Gasteiger partial charge in [0.25, 0.3) is 5.91 Å². The molecule has 100 valence electrons. The molecule has 0 spiro atoms. The lowest BCUT2D eigenvalue weighted by atomic mass is 10.3. The first-order chi connectivity index (χ1) is 9.13. The molecule has 0 aliphatic rings. The number of anilines is 1. The Morgan fingerprint density at radius 1 is 1.21 bits per heavy atom. The van der Waals surface area contributed by atoms with Crippen LogP contribution in [0.5, 0.6) is 0 Å². The topological polar surface area (TPSA) is 55.4 Å². The van der Waals surface area contributed by atoms with Crippen LogP contribution in [0.25, 0.3) is 0 Å². The average molecular weight is 259 g/mol. The molecule has 1 unspecified atom stereocenters. The molecule has 0 bridgehead atoms. The maximum Gasteiger partial charge on any atom is 0.331 e. The number of hydrogen-bond acceptors (Lipinski definition) is 3. The van der Waals surface area contributed by atoms with E-state index in [0.29, 0.717) is 5.69 Å². The number of para-hydroxylation sites is 1. The number of hydrogen-bond donors (Lipinski definition) is 1. The molecule has 0 aliphatic heterocycles. The number of amides is 1. The Morgan fingerprint density at radius 3 is 2.53 bits per heavy atom. The molecule has 0 fully saturated rings. The molecule has 0 saturated carbocycles. The maximum absolute atomic E-state index is 11.8. The number of benzene rings is 1. The normalized spacial score (nSPS) is 12.5. The number of rotatable bonds is 5. The molecule has 0 radical (unpaired) electrons. The van der Waals surface area contributed by atoms with Crippen molar-refractivity contribution in [2.24, 2.45) is 0 Å². The summed E-state index contributed by atoms with van der Waals surface area (Å²) in [5, 5.41) is 2.66. The van der Waals surface area contributed by atoms with Crippen molar-refractivity contribution in [3.63, 3.8) is 0 Å². The number of allylic oxidation sites excluding steroid dienone is 3. The van der Waals surface area contributed by atoms with E-state index in [-0.39, 0.29) is 5.91 Å². The average Bonchev–Trinajstić information content (AvgIpc) is 2.40. The van der Waals surface area contributed by atoms with E-state index in [1.54, 1.807) is 30.4 Å². The third-order valence-electron chi connectivity index (χ3n) is 2.24. The minimum atomic E-state index is -0.844. The molecule has 0 aromatic heterocycles. The Kier molecular flexibility index (Phi) is 6.09. The highest BCUT2D eigenvalue weighted by Gasteiger charge is 2.16. The van der Waals surface area contributed by atoms with Crippen molar-refractivity contribution in [3.8, 4) is 0 Å². The van der Waals surface area contributed by atoms with E-state index in [2.05, 4.69) is 5.32 Å². The van der Waals surface area contributed by atoms with Crippen LogP contribution in [0.4, 0.5) is 5.69 Å². The fraction of sp³-hybridized carbons (Fsp3) is 0.200. The van der Waals surface area contributed by atoms with Crippen molar-refractivity contribution in [1.29, 1.82) is 0 Å². The molecule has 1 aromatic carbocycles. The predicted octanol–water partition coefficient (Wildman–Crippen LogP) is 2.69. The van der Waals surface area contributed by atoms with Crippen LogP contribution >= 0.6 is 0 Å². The van der Waals surface area contributed by atoms with E-state index >= 15 is 0 Å². The number of carbonyl (C=O) groups excluding carboxylic acids is 2. The van der Waals surface area contributed by atoms with Gasteiger partial charge in [-0.05, 0) is 26.0 Å². The molecule has 1 atom stereocenters. The molecule has 1 aromatic rings. The summed E-state index contributed by atoms with van der Waals surface area (Å²) in [6, 6.07) is 9.00. The van der Waals surface area contributed by atoms with E-state index in [0.717, 1.165) is 0 Å². The van der Waals surface area contributed by atoms with Gasteiger partial charge in [0.2, 0.25) is 0 Å². The van der Waals surface area contributed by atoms with Crippen LogP contribution in [0.3, 0.4) is 0 Å². The summed E-state index contributed by atoms with van der Waals surface area (Å²) in [6.45, 7) is 3.37. The summed E-state index contributed by atoms with van der Waals surface area (Å²) in [5.74, 6) is -0.909. The van der Waals surface area contributed by atoms with Crippen LogP contribution in [-0.4, -0.2) is 18.0 Å². The van der Waals surface area contributed by atoms with Gasteiger partial charge in [-0.2, -0.15) is 0 Å². The quantitative estimate of drug-likeness (QED) is 0.502. The lowest BCUT2D eigenvalue weighted by Gasteiger charge is -2.12. The van der Waals surface area contributed by atoms with Gasteiger partial charge < -0.3 is 10.1 Å². The second-order valence-electron chi connectivity index (χ2n) is 3.82. The van der Waals surface area contributed by atoms with Gasteiger partial charge in [0.15, 0.2) is 6.10 Å². The maximum atomic E-state index is 11.8. The third-order valence-corrected chi connectivity index (χ3v) is 2.24. The Balaban J connectivity index is 2.47. The van der Waals surface area contributed by atoms with Crippen molar-refractivity contribution in [1.82, 2.24) is 0 Å². The number of ether oxygens (including phenoxy) is 1. The Labute approximate surface area is 112 Å². The smallest absolute Gasteiger partial charge is 0.331 e. The molecule has 19 heavy (non-hydrogen) atoms. The lowest BCUT2D eigenvalue weighted by Crippen LogP contribution is -2.29. The monoisotopic (exact) mass is 259 g/mol. The summed E-state index contributed by atoms with van der Waals surface area (Å²) >= 11 is 0. The molecular formula is C15H17NO3. The van der Waals surface area contributed by atoms with E-state index in [1.165, 1.54) is 13.0 Å². The van der Waals surface area contributed by atoms with Crippen LogP contribution in [-0.2, 0) is 14.3 Å². The molecule has 1 rings (SSSR count). The molecule has 4 nitrogen and oxygen atoms in total. The largest absolute Gasteiger partial charge is 0.449 e. The number of nitrogens with one attached hydrogen (secondary N) is 1. The summed E-state index contributed by atoms with van der Waals surface area (Å²) in [7, 11) is 0. The summed E-state index contributed by atoms with van der Waals surface area (Å²) in [4.78, 5) is 23.1. The Bertz CT molecular complexity index is 477. The second kappa shape index (κ2) is 7.87. The van der Waals surface area contributed by atoms with Crippen LogP contribution < -0.4 is 5.32 Å². The lowest BCUT2D eigenvalue weighted by molar-refractivity contribution is -0.148. The summed E-state index contributed by atoms with van der Waals surface area (Å²) in [5.41, 5.74) is 0.667.